The molecule has 60 valence electrons. The highest BCUT2D eigenvalue weighted by atomic mass is 32.2. The summed E-state index contributed by atoms with van der Waals surface area (Å²) >= 11 is 0. The first kappa shape index (κ1) is 11.0. The molecule has 0 saturated heterocycles. The Morgan fingerprint density at radius 1 is 1.36 bits per heavy atom. The molecule has 4 radical (unpaired) electrons. The van der Waals surface area contributed by atoms with Crippen LogP contribution in [0.3, 0.4) is 0 Å². The third-order valence-corrected chi connectivity index (χ3v) is 2.04. The molecule has 0 saturated carbocycles. The van der Waals surface area contributed by atoms with Crippen LogP contribution >= 0.6 is 0 Å². The summed E-state index contributed by atoms with van der Waals surface area (Å²) in [6.45, 7) is 3.47. The van der Waals surface area contributed by atoms with E-state index in [1.165, 1.54) is 0 Å². The molecule has 0 aromatic carbocycles. The minimum Gasteiger partial charge on any atom is -0.227 e. The van der Waals surface area contributed by atoms with Gasteiger partial charge in [-0.15, -0.1) is 0 Å². The largest absolute Gasteiger partial charge is 0.227 e. The summed E-state index contributed by atoms with van der Waals surface area (Å²) in [4.78, 5) is 0. The average molecular weight is 171 g/mol. The van der Waals surface area contributed by atoms with Gasteiger partial charge in [-0.2, -0.15) is 0 Å². The zero-order chi connectivity index (χ0) is 9.28. The molecule has 11 heavy (non-hydrogen) atoms. The van der Waals surface area contributed by atoms with E-state index in [1.807, 2.05) is 0 Å². The van der Waals surface area contributed by atoms with Gasteiger partial charge >= 0.3 is 0 Å². The molecular weight excluding hydrogens is 160 g/mol. The van der Waals surface area contributed by atoms with Crippen LogP contribution in [0.4, 0.5) is 0 Å². The zero-order valence-electron chi connectivity index (χ0n) is 6.96. The number of hydrogen-bond acceptors (Lipinski definition) is 2. The summed E-state index contributed by atoms with van der Waals surface area (Å²) in [5, 5.41) is -1.35. The van der Waals surface area contributed by atoms with Crippen molar-refractivity contribution in [3.05, 3.63) is 0 Å². The van der Waals surface area contributed by atoms with Crippen LogP contribution in [0.15, 0.2) is 0 Å². The highest BCUT2D eigenvalue weighted by molar-refractivity contribution is 7.88. The lowest BCUT2D eigenvalue weighted by Gasteiger charge is -2.30. The molecule has 0 atom stereocenters. The highest BCUT2D eigenvalue weighted by Crippen LogP contribution is 2.08. The summed E-state index contributed by atoms with van der Waals surface area (Å²) in [6.07, 6.45) is 1.02. The predicted octanol–water partition coefficient (Wildman–Crippen LogP) is -0.818. The fraction of sp³-hybridized carbons (Fsp3) is 1.00. The molecule has 0 aromatic rings. The van der Waals surface area contributed by atoms with Gasteiger partial charge in [0.05, 0.1) is 21.9 Å². The van der Waals surface area contributed by atoms with Crippen LogP contribution in [0.2, 0.25) is 0 Å². The molecule has 0 fully saturated rings. The molecule has 0 unspecified atom stereocenters. The predicted molar refractivity (Wildman–Crippen MR) is 47.1 cm³/mol. The van der Waals surface area contributed by atoms with Crippen molar-refractivity contribution < 1.29 is 8.42 Å². The van der Waals surface area contributed by atoms with Gasteiger partial charge in [0.1, 0.15) is 0 Å². The van der Waals surface area contributed by atoms with Crippen LogP contribution in [0.25, 0.3) is 0 Å². The third-order valence-electron chi connectivity index (χ3n) is 1.32. The Labute approximate surface area is 70.8 Å². The molecule has 3 nitrogen and oxygen atoms in total. The van der Waals surface area contributed by atoms with Crippen molar-refractivity contribution >= 4 is 25.7 Å². The molecule has 0 aromatic heterocycles. The average Bonchev–Trinajstić information content (AvgIpc) is 1.56. The first-order chi connectivity index (χ1) is 4.65. The quantitative estimate of drug-likeness (QED) is 0.563. The Bertz CT molecular complexity index is 223. The zero-order valence-corrected chi connectivity index (χ0v) is 7.77. The molecular formula is C5H11B2NO2S. The van der Waals surface area contributed by atoms with Crippen molar-refractivity contribution in [1.29, 1.82) is 0 Å². The second-order valence-electron chi connectivity index (χ2n) is 2.96. The van der Waals surface area contributed by atoms with E-state index in [4.69, 9.17) is 15.7 Å². The highest BCUT2D eigenvalue weighted by Gasteiger charge is 2.24. The van der Waals surface area contributed by atoms with Crippen molar-refractivity contribution in [3.8, 4) is 0 Å². The summed E-state index contributed by atoms with van der Waals surface area (Å²) in [5.74, 6) is -0.155. The smallest absolute Gasteiger partial charge is 0.207 e. The van der Waals surface area contributed by atoms with Crippen LogP contribution in [0.5, 0.6) is 0 Å². The van der Waals surface area contributed by atoms with Crippen LogP contribution < -0.4 is 4.72 Å². The van der Waals surface area contributed by atoms with Gasteiger partial charge in [0.2, 0.25) is 10.0 Å². The summed E-state index contributed by atoms with van der Waals surface area (Å²) in [6, 6.07) is 0. The number of rotatable bonds is 3. The van der Waals surface area contributed by atoms with Crippen LogP contribution in [0, 0.1) is 5.92 Å². The first-order valence-electron chi connectivity index (χ1n) is 3.22. The maximum absolute atomic E-state index is 10.7. The molecule has 0 aliphatic carbocycles. The molecule has 6 heteroatoms. The van der Waals surface area contributed by atoms with Crippen molar-refractivity contribution in [1.82, 2.24) is 4.72 Å². The summed E-state index contributed by atoms with van der Waals surface area (Å²) < 4.78 is 23.5. The van der Waals surface area contributed by atoms with Gasteiger partial charge < -0.3 is 0 Å². The lowest BCUT2D eigenvalue weighted by atomic mass is 9.57. The Hall–Kier alpha value is 0.0399. The fourth-order valence-electron chi connectivity index (χ4n) is 0.439. The van der Waals surface area contributed by atoms with E-state index in [0.29, 0.717) is 0 Å². The number of nitrogens with one attached hydrogen (secondary N) is 1. The van der Waals surface area contributed by atoms with Crippen LogP contribution in [-0.4, -0.2) is 35.7 Å². The van der Waals surface area contributed by atoms with E-state index >= 15 is 0 Å². The number of sulfonamides is 1. The minimum atomic E-state index is -3.33. The SMILES string of the molecule is [B]C([B])(NS(C)(=O)=O)C(C)C. The lowest BCUT2D eigenvalue weighted by Crippen LogP contribution is -2.53. The molecule has 0 rings (SSSR count). The molecule has 0 bridgehead atoms. The van der Waals surface area contributed by atoms with E-state index in [9.17, 15) is 8.42 Å². The van der Waals surface area contributed by atoms with Gasteiger partial charge in [-0.1, -0.05) is 13.8 Å². The van der Waals surface area contributed by atoms with E-state index in [1.54, 1.807) is 13.8 Å². The molecule has 0 heterocycles. The van der Waals surface area contributed by atoms with Gasteiger partial charge in [-0.3, -0.25) is 0 Å². The standard InChI is InChI=1S/C5H11B2NO2S/c1-4(2)5(6,7)8-11(3,9)10/h4,8H,1-3H3. The second kappa shape index (κ2) is 3.19. The minimum absolute atomic E-state index is 0.155. The summed E-state index contributed by atoms with van der Waals surface area (Å²) in [5.41, 5.74) is 0. The third kappa shape index (κ3) is 4.48. The molecule has 0 aliphatic heterocycles. The maximum Gasteiger partial charge on any atom is 0.207 e. The van der Waals surface area contributed by atoms with E-state index in [-0.39, 0.29) is 5.92 Å². The van der Waals surface area contributed by atoms with Gasteiger partial charge in [0.25, 0.3) is 0 Å². The van der Waals surface area contributed by atoms with E-state index in [2.05, 4.69) is 4.72 Å². The Kier molecular flexibility index (Phi) is 3.20. The fourth-order valence-corrected chi connectivity index (χ4v) is 1.32. The maximum atomic E-state index is 10.7. The topological polar surface area (TPSA) is 46.2 Å². The van der Waals surface area contributed by atoms with Crippen LogP contribution in [0.1, 0.15) is 13.8 Å². The Morgan fingerprint density at radius 3 is 1.82 bits per heavy atom. The molecule has 0 spiro atoms. The first-order valence-corrected chi connectivity index (χ1v) is 5.11. The van der Waals surface area contributed by atoms with Gasteiger partial charge in [0, 0.05) is 0 Å². The summed E-state index contributed by atoms with van der Waals surface area (Å²) in [7, 11) is 7.54. The van der Waals surface area contributed by atoms with Crippen molar-refractivity contribution in [2.45, 2.75) is 19.2 Å². The molecule has 0 aliphatic rings. The van der Waals surface area contributed by atoms with Gasteiger partial charge in [0.15, 0.2) is 0 Å². The normalized spacial score (nSPS) is 13.8. The van der Waals surface area contributed by atoms with Crippen molar-refractivity contribution in [2.24, 2.45) is 5.92 Å². The monoisotopic (exact) mass is 171 g/mol. The Balaban J connectivity index is 4.38. The lowest BCUT2D eigenvalue weighted by molar-refractivity contribution is 0.506. The molecule has 1 N–H and O–H groups in total. The Morgan fingerprint density at radius 2 is 1.73 bits per heavy atom. The van der Waals surface area contributed by atoms with Gasteiger partial charge in [-0.25, -0.2) is 13.1 Å². The number of hydrogen-bond donors (Lipinski definition) is 1. The van der Waals surface area contributed by atoms with Crippen molar-refractivity contribution in [2.75, 3.05) is 6.26 Å². The van der Waals surface area contributed by atoms with Gasteiger partial charge in [-0.05, 0) is 11.3 Å². The van der Waals surface area contributed by atoms with Crippen LogP contribution in [-0.2, 0) is 10.0 Å². The van der Waals surface area contributed by atoms with E-state index in [0.717, 1.165) is 6.26 Å². The van der Waals surface area contributed by atoms with Crippen molar-refractivity contribution in [3.63, 3.8) is 0 Å². The molecule has 0 amide bonds. The van der Waals surface area contributed by atoms with E-state index < -0.39 is 15.4 Å². The second-order valence-corrected chi connectivity index (χ2v) is 4.71.